The summed E-state index contributed by atoms with van der Waals surface area (Å²) >= 11 is 0. The maximum absolute atomic E-state index is 12.4. The average molecular weight is 406 g/mol. The molecule has 0 spiro atoms. The third kappa shape index (κ3) is 13.4. The number of carbonyl (C=O) groups is 1. The van der Waals surface area contributed by atoms with Crippen molar-refractivity contribution < 1.29 is 4.79 Å². The van der Waals surface area contributed by atoms with Gasteiger partial charge in [-0.15, -0.1) is 0 Å². The second kappa shape index (κ2) is 18.3. The highest BCUT2D eigenvalue weighted by atomic mass is 32.2. The smallest absolute Gasteiger partial charge is 0.211 e. The first-order valence-electron chi connectivity index (χ1n) is 12.0. The zero-order chi connectivity index (χ0) is 20.3. The van der Waals surface area contributed by atoms with E-state index in [2.05, 4.69) is 13.8 Å². The van der Waals surface area contributed by atoms with Crippen LogP contribution in [0.5, 0.6) is 0 Å². The van der Waals surface area contributed by atoms with Crippen molar-refractivity contribution in [2.45, 2.75) is 104 Å². The van der Waals surface area contributed by atoms with Gasteiger partial charge in [0.05, 0.1) is 0 Å². The van der Waals surface area contributed by atoms with E-state index in [-0.39, 0.29) is 10.9 Å². The van der Waals surface area contributed by atoms with Crippen molar-refractivity contribution in [3.63, 3.8) is 0 Å². The lowest BCUT2D eigenvalue weighted by Crippen LogP contribution is -2.21. The maximum Gasteiger partial charge on any atom is 0.211 e. The predicted octanol–water partition coefficient (Wildman–Crippen LogP) is 7.99. The van der Waals surface area contributed by atoms with Crippen molar-refractivity contribution in [3.05, 3.63) is 35.9 Å². The fraction of sp³-hybridized carbons (Fsp3) is 0.731. The SMILES string of the molecule is CCCCCCCCCCCCCCCC[S+](CC)CC(=O)c1ccccc1. The van der Waals surface area contributed by atoms with Crippen molar-refractivity contribution in [2.75, 3.05) is 17.3 Å². The summed E-state index contributed by atoms with van der Waals surface area (Å²) in [6, 6.07) is 9.80. The molecule has 1 aromatic carbocycles. The first-order valence-corrected chi connectivity index (χ1v) is 13.7. The van der Waals surface area contributed by atoms with Crippen molar-refractivity contribution in [1.82, 2.24) is 0 Å². The van der Waals surface area contributed by atoms with Gasteiger partial charge in [-0.05, 0) is 30.7 Å². The van der Waals surface area contributed by atoms with Crippen molar-refractivity contribution in [2.24, 2.45) is 0 Å². The zero-order valence-corrected chi connectivity index (χ0v) is 19.5. The molecular weight excluding hydrogens is 360 g/mol. The van der Waals surface area contributed by atoms with Crippen LogP contribution in [0.25, 0.3) is 0 Å². The third-order valence-electron chi connectivity index (χ3n) is 5.63. The standard InChI is InChI=1S/C26H45OS/c1-3-5-6-7-8-9-10-11-12-13-14-15-16-20-23-28(4-2)24-26(27)25-21-18-17-19-22-25/h17-19,21-22H,3-16,20,23-24H2,1-2H3/q+1. The normalized spacial score (nSPS) is 12.2. The molecule has 2 heteroatoms. The van der Waals surface area contributed by atoms with E-state index in [4.69, 9.17) is 0 Å². The molecule has 0 aliphatic heterocycles. The van der Waals surface area contributed by atoms with Crippen molar-refractivity contribution in [3.8, 4) is 0 Å². The number of hydrogen-bond donors (Lipinski definition) is 0. The van der Waals surface area contributed by atoms with E-state index in [9.17, 15) is 4.79 Å². The quantitative estimate of drug-likeness (QED) is 0.129. The molecule has 0 aromatic heterocycles. The van der Waals surface area contributed by atoms with E-state index < -0.39 is 0 Å². The van der Waals surface area contributed by atoms with Gasteiger partial charge in [0, 0.05) is 5.56 Å². The van der Waals surface area contributed by atoms with Crippen LogP contribution < -0.4 is 0 Å². The molecule has 0 N–H and O–H groups in total. The monoisotopic (exact) mass is 405 g/mol. The van der Waals surface area contributed by atoms with Crippen LogP contribution in [-0.2, 0) is 10.9 Å². The fourth-order valence-corrected chi connectivity index (χ4v) is 5.50. The Balaban J connectivity index is 1.92. The Morgan fingerprint density at radius 1 is 0.679 bits per heavy atom. The fourth-order valence-electron chi connectivity index (χ4n) is 3.71. The number of Topliss-reactive ketones (excluding diaryl/α,β-unsaturated/α-hetero) is 1. The second-order valence-corrected chi connectivity index (χ2v) is 10.6. The molecule has 1 unspecified atom stereocenters. The second-order valence-electron chi connectivity index (χ2n) is 8.13. The first-order chi connectivity index (χ1) is 13.8. The Bertz CT molecular complexity index is 471. The topological polar surface area (TPSA) is 17.1 Å². The molecule has 0 amide bonds. The summed E-state index contributed by atoms with van der Waals surface area (Å²) in [5, 5.41) is 0. The minimum Gasteiger partial charge on any atom is -0.289 e. The maximum atomic E-state index is 12.4. The van der Waals surface area contributed by atoms with Crippen LogP contribution in [0.15, 0.2) is 30.3 Å². The van der Waals surface area contributed by atoms with Gasteiger partial charge in [-0.25, -0.2) is 0 Å². The van der Waals surface area contributed by atoms with Gasteiger partial charge in [-0.1, -0.05) is 114 Å². The molecule has 0 bridgehead atoms. The number of benzene rings is 1. The van der Waals surface area contributed by atoms with E-state index in [1.54, 1.807) is 0 Å². The predicted molar refractivity (Wildman–Crippen MR) is 129 cm³/mol. The highest BCUT2D eigenvalue weighted by molar-refractivity contribution is 7.97. The minimum atomic E-state index is 0.272. The van der Waals surface area contributed by atoms with Crippen LogP contribution in [0.1, 0.15) is 114 Å². The molecule has 1 rings (SSSR count). The van der Waals surface area contributed by atoms with Gasteiger partial charge in [0.2, 0.25) is 5.78 Å². The molecule has 0 aliphatic rings. The third-order valence-corrected chi connectivity index (χ3v) is 7.98. The van der Waals surface area contributed by atoms with Crippen LogP contribution in [0.4, 0.5) is 0 Å². The lowest BCUT2D eigenvalue weighted by atomic mass is 10.0. The average Bonchev–Trinajstić information content (AvgIpc) is 2.73. The summed E-state index contributed by atoms with van der Waals surface area (Å²) < 4.78 is 0. The van der Waals surface area contributed by atoms with Crippen LogP contribution in [0, 0.1) is 0 Å². The van der Waals surface area contributed by atoms with Gasteiger partial charge in [-0.3, -0.25) is 4.79 Å². The lowest BCUT2D eigenvalue weighted by molar-refractivity contribution is 0.102. The summed E-state index contributed by atoms with van der Waals surface area (Å²) in [6.45, 7) is 4.53. The van der Waals surface area contributed by atoms with E-state index in [1.807, 2.05) is 30.3 Å². The summed E-state index contributed by atoms with van der Waals surface area (Å²) in [6.07, 6.45) is 19.7. The van der Waals surface area contributed by atoms with Crippen LogP contribution in [0.2, 0.25) is 0 Å². The number of carbonyl (C=O) groups excluding carboxylic acids is 1. The molecule has 0 saturated carbocycles. The Labute approximate surface area is 178 Å². The lowest BCUT2D eigenvalue weighted by Gasteiger charge is -2.07. The summed E-state index contributed by atoms with van der Waals surface area (Å²) in [5.41, 5.74) is 0.884. The minimum absolute atomic E-state index is 0.272. The largest absolute Gasteiger partial charge is 0.289 e. The molecule has 28 heavy (non-hydrogen) atoms. The highest BCUT2D eigenvalue weighted by Gasteiger charge is 2.20. The van der Waals surface area contributed by atoms with Gasteiger partial charge < -0.3 is 0 Å². The number of hydrogen-bond acceptors (Lipinski definition) is 1. The zero-order valence-electron chi connectivity index (χ0n) is 18.7. The van der Waals surface area contributed by atoms with Gasteiger partial charge in [0.25, 0.3) is 0 Å². The molecule has 0 saturated heterocycles. The van der Waals surface area contributed by atoms with E-state index in [0.717, 1.165) is 17.1 Å². The van der Waals surface area contributed by atoms with Gasteiger partial charge in [-0.2, -0.15) is 0 Å². The summed E-state index contributed by atoms with van der Waals surface area (Å²) in [5.74, 6) is 3.47. The molecule has 0 fully saturated rings. The number of rotatable bonds is 19. The summed E-state index contributed by atoms with van der Waals surface area (Å²) in [7, 11) is 0.272. The van der Waals surface area contributed by atoms with Crippen LogP contribution in [-0.4, -0.2) is 23.0 Å². The Hall–Kier alpha value is -0.760. The van der Waals surface area contributed by atoms with Gasteiger partial charge >= 0.3 is 0 Å². The van der Waals surface area contributed by atoms with Crippen molar-refractivity contribution >= 4 is 16.7 Å². The number of unbranched alkanes of at least 4 members (excludes halogenated alkanes) is 13. The molecule has 1 nitrogen and oxygen atoms in total. The molecule has 0 heterocycles. The Kier molecular flexibility index (Phi) is 16.5. The Morgan fingerprint density at radius 2 is 1.14 bits per heavy atom. The molecule has 0 radical (unpaired) electrons. The summed E-state index contributed by atoms with van der Waals surface area (Å²) in [4.78, 5) is 12.4. The number of ketones is 1. The van der Waals surface area contributed by atoms with E-state index in [1.165, 1.54) is 95.6 Å². The first kappa shape index (κ1) is 25.3. The molecule has 1 atom stereocenters. The van der Waals surface area contributed by atoms with Crippen molar-refractivity contribution in [1.29, 1.82) is 0 Å². The Morgan fingerprint density at radius 3 is 1.61 bits per heavy atom. The van der Waals surface area contributed by atoms with Gasteiger partial charge in [0.15, 0.2) is 5.75 Å². The molecule has 0 aliphatic carbocycles. The highest BCUT2D eigenvalue weighted by Crippen LogP contribution is 2.14. The van der Waals surface area contributed by atoms with E-state index >= 15 is 0 Å². The van der Waals surface area contributed by atoms with E-state index in [0.29, 0.717) is 5.78 Å². The van der Waals surface area contributed by atoms with Crippen LogP contribution in [0.3, 0.4) is 0 Å². The molecular formula is C26H45OS+. The molecule has 160 valence electrons. The van der Waals surface area contributed by atoms with Crippen LogP contribution >= 0.6 is 0 Å². The molecule has 1 aromatic rings. The van der Waals surface area contributed by atoms with Gasteiger partial charge in [0.1, 0.15) is 11.5 Å².